The molecule has 1 aliphatic rings. The van der Waals surface area contributed by atoms with Crippen LogP contribution in [-0.2, 0) is 0 Å². The maximum Gasteiger partial charge on any atom is 0.144 e. The van der Waals surface area contributed by atoms with Crippen molar-refractivity contribution in [3.05, 3.63) is 63.0 Å². The molecule has 2 aromatic rings. The molecule has 0 N–H and O–H groups in total. The third kappa shape index (κ3) is 3.98. The van der Waals surface area contributed by atoms with Crippen molar-refractivity contribution in [3.63, 3.8) is 0 Å². The summed E-state index contributed by atoms with van der Waals surface area (Å²) in [6.45, 7) is 4.07. The van der Waals surface area contributed by atoms with Gasteiger partial charge in [0.15, 0.2) is 0 Å². The Bertz CT molecular complexity index is 826. The zero-order valence-corrected chi connectivity index (χ0v) is 15.7. The van der Waals surface area contributed by atoms with E-state index in [1.807, 2.05) is 24.4 Å². The van der Waals surface area contributed by atoms with E-state index >= 15 is 0 Å². The average Bonchev–Trinajstić information content (AvgIpc) is 2.60. The Labute approximate surface area is 155 Å². The van der Waals surface area contributed by atoms with E-state index in [0.717, 1.165) is 41.8 Å². The molecule has 2 aromatic heterocycles. The molecule has 0 spiro atoms. The standard InChI is InChI=1S/C19H17BrClN3/c1-14-4-3-10-23-19(14)24-12-8-15(9-13-24)5-2-6-16-7-11-22-18(21)17(16)20/h3-5,7,10-11H,8-9,12-13H2,1H3. The van der Waals surface area contributed by atoms with Crippen molar-refractivity contribution in [1.29, 1.82) is 0 Å². The number of allylic oxidation sites excluding steroid dienone is 1. The first-order valence-electron chi connectivity index (χ1n) is 7.81. The number of pyridine rings is 2. The zero-order valence-electron chi connectivity index (χ0n) is 13.4. The molecule has 122 valence electrons. The van der Waals surface area contributed by atoms with Gasteiger partial charge in [-0.2, -0.15) is 0 Å². The van der Waals surface area contributed by atoms with Crippen molar-refractivity contribution in [2.75, 3.05) is 18.0 Å². The number of piperidine rings is 1. The van der Waals surface area contributed by atoms with Crippen LogP contribution in [-0.4, -0.2) is 23.1 Å². The highest BCUT2D eigenvalue weighted by atomic mass is 79.9. The summed E-state index contributed by atoms with van der Waals surface area (Å²) in [4.78, 5) is 10.9. The van der Waals surface area contributed by atoms with Gasteiger partial charge in [0.2, 0.25) is 0 Å². The fraction of sp³-hybridized carbons (Fsp3) is 0.263. The molecule has 3 rings (SSSR count). The fourth-order valence-corrected chi connectivity index (χ4v) is 3.18. The van der Waals surface area contributed by atoms with E-state index in [0.29, 0.717) is 5.15 Å². The van der Waals surface area contributed by atoms with Crippen LogP contribution < -0.4 is 4.90 Å². The van der Waals surface area contributed by atoms with Gasteiger partial charge in [0.25, 0.3) is 0 Å². The van der Waals surface area contributed by atoms with Crippen LogP contribution in [0.2, 0.25) is 5.15 Å². The monoisotopic (exact) mass is 401 g/mol. The number of aromatic nitrogens is 2. The van der Waals surface area contributed by atoms with Gasteiger partial charge in [-0.25, -0.2) is 9.97 Å². The molecule has 0 amide bonds. The Kier molecular flexibility index (Phi) is 5.55. The van der Waals surface area contributed by atoms with Crippen molar-refractivity contribution in [1.82, 2.24) is 9.97 Å². The molecule has 3 heterocycles. The van der Waals surface area contributed by atoms with Crippen LogP contribution in [0.3, 0.4) is 0 Å². The van der Waals surface area contributed by atoms with Crippen molar-refractivity contribution in [2.45, 2.75) is 19.8 Å². The highest BCUT2D eigenvalue weighted by Crippen LogP contribution is 2.24. The van der Waals surface area contributed by atoms with Gasteiger partial charge >= 0.3 is 0 Å². The number of hydrogen-bond donors (Lipinski definition) is 0. The van der Waals surface area contributed by atoms with E-state index in [2.05, 4.69) is 55.6 Å². The summed E-state index contributed by atoms with van der Waals surface area (Å²) < 4.78 is 0.748. The lowest BCUT2D eigenvalue weighted by Gasteiger charge is -2.30. The molecular formula is C19H17BrClN3. The summed E-state index contributed by atoms with van der Waals surface area (Å²) in [7, 11) is 0. The molecule has 0 atom stereocenters. The third-order valence-electron chi connectivity index (χ3n) is 4.02. The van der Waals surface area contributed by atoms with Crippen molar-refractivity contribution < 1.29 is 0 Å². The molecule has 1 saturated heterocycles. The number of nitrogens with zero attached hydrogens (tertiary/aromatic N) is 3. The van der Waals surface area contributed by atoms with Gasteiger partial charge in [0.1, 0.15) is 11.0 Å². The van der Waals surface area contributed by atoms with Gasteiger partial charge in [-0.05, 0) is 59.5 Å². The van der Waals surface area contributed by atoms with Crippen LogP contribution >= 0.6 is 27.5 Å². The first-order chi connectivity index (χ1) is 11.6. The van der Waals surface area contributed by atoms with E-state index in [-0.39, 0.29) is 0 Å². The first kappa shape index (κ1) is 17.0. The molecule has 0 aromatic carbocycles. The van der Waals surface area contributed by atoms with E-state index in [9.17, 15) is 0 Å². The molecule has 0 bridgehead atoms. The SMILES string of the molecule is Cc1cccnc1N1CCC(=CC#Cc2ccnc(Cl)c2Br)CC1. The molecule has 24 heavy (non-hydrogen) atoms. The molecule has 3 nitrogen and oxygen atoms in total. The normalized spacial score (nSPS) is 14.1. The van der Waals surface area contributed by atoms with E-state index in [1.54, 1.807) is 6.20 Å². The Morgan fingerprint density at radius 1 is 1.21 bits per heavy atom. The van der Waals surface area contributed by atoms with Crippen LogP contribution in [0.1, 0.15) is 24.0 Å². The molecule has 1 fully saturated rings. The third-order valence-corrected chi connectivity index (χ3v) is 5.33. The molecule has 0 radical (unpaired) electrons. The van der Waals surface area contributed by atoms with Crippen LogP contribution in [0, 0.1) is 18.8 Å². The number of rotatable bonds is 1. The molecule has 1 aliphatic heterocycles. The Morgan fingerprint density at radius 3 is 2.75 bits per heavy atom. The lowest BCUT2D eigenvalue weighted by molar-refractivity contribution is 0.675. The van der Waals surface area contributed by atoms with Gasteiger partial charge < -0.3 is 4.90 Å². The van der Waals surface area contributed by atoms with E-state index < -0.39 is 0 Å². The van der Waals surface area contributed by atoms with E-state index in [4.69, 9.17) is 11.6 Å². The van der Waals surface area contributed by atoms with Gasteiger partial charge in [-0.3, -0.25) is 0 Å². The molecule has 0 unspecified atom stereocenters. The summed E-state index contributed by atoms with van der Waals surface area (Å²) in [5.41, 5.74) is 3.46. The van der Waals surface area contributed by atoms with Crippen LogP contribution in [0.25, 0.3) is 0 Å². The van der Waals surface area contributed by atoms with Crippen molar-refractivity contribution >= 4 is 33.3 Å². The minimum absolute atomic E-state index is 0.438. The summed E-state index contributed by atoms with van der Waals surface area (Å²) in [5.74, 6) is 7.37. The quantitative estimate of drug-likeness (QED) is 0.508. The van der Waals surface area contributed by atoms with E-state index in [1.165, 1.54) is 11.1 Å². The predicted octanol–water partition coefficient (Wildman–Crippen LogP) is 4.78. The summed E-state index contributed by atoms with van der Waals surface area (Å²) in [5, 5.41) is 0.438. The van der Waals surface area contributed by atoms with Crippen molar-refractivity contribution in [2.24, 2.45) is 0 Å². The molecule has 5 heteroatoms. The average molecular weight is 403 g/mol. The maximum atomic E-state index is 5.98. The molecule has 0 saturated carbocycles. The highest BCUT2D eigenvalue weighted by molar-refractivity contribution is 9.10. The van der Waals surface area contributed by atoms with Crippen LogP contribution in [0.5, 0.6) is 0 Å². The number of anilines is 1. The topological polar surface area (TPSA) is 29.0 Å². The highest BCUT2D eigenvalue weighted by Gasteiger charge is 2.16. The van der Waals surface area contributed by atoms with Gasteiger partial charge in [0, 0.05) is 31.0 Å². The second-order valence-electron chi connectivity index (χ2n) is 5.67. The largest absolute Gasteiger partial charge is 0.356 e. The number of halogens is 2. The summed E-state index contributed by atoms with van der Waals surface area (Å²) >= 11 is 9.39. The number of aryl methyl sites for hydroxylation is 1. The van der Waals surface area contributed by atoms with Crippen LogP contribution in [0.4, 0.5) is 5.82 Å². The fourth-order valence-electron chi connectivity index (χ4n) is 2.69. The zero-order chi connectivity index (χ0) is 16.9. The second kappa shape index (κ2) is 7.83. The van der Waals surface area contributed by atoms with Crippen LogP contribution in [0.15, 0.2) is 46.7 Å². The van der Waals surface area contributed by atoms with Gasteiger partial charge in [-0.15, -0.1) is 0 Å². The predicted molar refractivity (Wildman–Crippen MR) is 102 cm³/mol. The maximum absolute atomic E-state index is 5.98. The molecular weight excluding hydrogens is 386 g/mol. The Morgan fingerprint density at radius 2 is 2.00 bits per heavy atom. The Hall–Kier alpha value is -1.83. The van der Waals surface area contributed by atoms with Crippen molar-refractivity contribution in [3.8, 4) is 11.8 Å². The van der Waals surface area contributed by atoms with Gasteiger partial charge in [0.05, 0.1) is 4.47 Å². The number of hydrogen-bond acceptors (Lipinski definition) is 3. The molecule has 0 aliphatic carbocycles. The Balaban J connectivity index is 1.65. The lowest BCUT2D eigenvalue weighted by Crippen LogP contribution is -2.31. The summed E-state index contributed by atoms with van der Waals surface area (Å²) in [6, 6.07) is 5.94. The first-order valence-corrected chi connectivity index (χ1v) is 8.98. The minimum Gasteiger partial charge on any atom is -0.356 e. The second-order valence-corrected chi connectivity index (χ2v) is 6.82. The lowest BCUT2D eigenvalue weighted by atomic mass is 10.0. The van der Waals surface area contributed by atoms with Gasteiger partial charge in [-0.1, -0.05) is 35.1 Å². The minimum atomic E-state index is 0.438. The summed E-state index contributed by atoms with van der Waals surface area (Å²) in [6.07, 6.45) is 7.59. The smallest absolute Gasteiger partial charge is 0.144 e.